The van der Waals surface area contributed by atoms with Gasteiger partial charge in [-0.3, -0.25) is 0 Å². The molecule has 2 saturated heterocycles. The quantitative estimate of drug-likeness (QED) is 0.520. The van der Waals surface area contributed by atoms with E-state index in [1.54, 1.807) is 6.20 Å². The SMILES string of the molecule is CC1CN(c2cc(C(F)(F)F)ccn2)CC12CCN(c1cnc3cnn(CC(F)F)c3n1)CC2. The van der Waals surface area contributed by atoms with Crippen LogP contribution in [0.15, 0.2) is 30.7 Å². The van der Waals surface area contributed by atoms with E-state index in [4.69, 9.17) is 0 Å². The lowest BCUT2D eigenvalue weighted by Crippen LogP contribution is -2.44. The number of nitrogens with zero attached hydrogens (tertiary/aromatic N) is 7. The first-order valence-electron chi connectivity index (χ1n) is 11.1. The number of aromatic nitrogens is 5. The Hall–Kier alpha value is -3.05. The predicted octanol–water partition coefficient (Wildman–Crippen LogP) is 4.25. The lowest BCUT2D eigenvalue weighted by Gasteiger charge is -2.42. The number of rotatable bonds is 4. The highest BCUT2D eigenvalue weighted by Gasteiger charge is 2.46. The van der Waals surface area contributed by atoms with Crippen LogP contribution in [0.25, 0.3) is 11.2 Å². The third-order valence-electron chi connectivity index (χ3n) is 7.17. The molecule has 7 nitrogen and oxygen atoms in total. The van der Waals surface area contributed by atoms with Crippen molar-refractivity contribution in [1.82, 2.24) is 24.7 Å². The Morgan fingerprint density at radius 1 is 1.09 bits per heavy atom. The van der Waals surface area contributed by atoms with Crippen molar-refractivity contribution in [1.29, 1.82) is 0 Å². The standard InChI is InChI=1S/C22H24F5N7/c1-14-11-33(18-8-15(2-5-28-18)22(25,26)27)13-21(14)3-6-32(7-4-21)19-10-29-16-9-30-34(12-17(23)24)20(16)31-19/h2,5,8-10,14,17H,3-4,6-7,11-13H2,1H3. The zero-order chi connectivity index (χ0) is 24.1. The van der Waals surface area contributed by atoms with Gasteiger partial charge in [0.15, 0.2) is 5.65 Å². The summed E-state index contributed by atoms with van der Waals surface area (Å²) in [5.41, 5.74) is 0.0584. The Morgan fingerprint density at radius 3 is 2.56 bits per heavy atom. The normalized spacial score (nSPS) is 20.7. The average Bonchev–Trinajstić information content (AvgIpc) is 3.34. The molecule has 0 bridgehead atoms. The molecule has 2 aliphatic rings. The Kier molecular flexibility index (Phi) is 5.56. The van der Waals surface area contributed by atoms with Gasteiger partial charge in [-0.1, -0.05) is 6.92 Å². The number of pyridine rings is 1. The van der Waals surface area contributed by atoms with Crippen molar-refractivity contribution in [2.45, 2.75) is 38.9 Å². The number of hydrogen-bond donors (Lipinski definition) is 0. The lowest BCUT2D eigenvalue weighted by molar-refractivity contribution is -0.137. The van der Waals surface area contributed by atoms with E-state index >= 15 is 0 Å². The summed E-state index contributed by atoms with van der Waals surface area (Å²) in [4.78, 5) is 17.1. The van der Waals surface area contributed by atoms with Gasteiger partial charge in [0.1, 0.15) is 23.7 Å². The minimum atomic E-state index is -4.40. The van der Waals surface area contributed by atoms with E-state index in [0.717, 1.165) is 25.0 Å². The van der Waals surface area contributed by atoms with Crippen LogP contribution in [-0.2, 0) is 12.7 Å². The Labute approximate surface area is 192 Å². The van der Waals surface area contributed by atoms with E-state index in [-0.39, 0.29) is 11.3 Å². The van der Waals surface area contributed by atoms with Crippen LogP contribution in [0.5, 0.6) is 0 Å². The fraction of sp³-hybridized carbons (Fsp3) is 0.545. The third-order valence-corrected chi connectivity index (χ3v) is 7.17. The molecule has 3 aromatic rings. The molecule has 34 heavy (non-hydrogen) atoms. The smallest absolute Gasteiger partial charge is 0.356 e. The van der Waals surface area contributed by atoms with Gasteiger partial charge in [-0.15, -0.1) is 0 Å². The fourth-order valence-corrected chi connectivity index (χ4v) is 5.16. The van der Waals surface area contributed by atoms with Crippen LogP contribution in [0, 0.1) is 11.3 Å². The Bertz CT molecular complexity index is 1170. The zero-order valence-electron chi connectivity index (χ0n) is 18.5. The highest BCUT2D eigenvalue weighted by Crippen LogP contribution is 2.46. The fourth-order valence-electron chi connectivity index (χ4n) is 5.16. The van der Waals surface area contributed by atoms with Gasteiger partial charge < -0.3 is 9.80 Å². The van der Waals surface area contributed by atoms with Gasteiger partial charge in [-0.25, -0.2) is 28.4 Å². The summed E-state index contributed by atoms with van der Waals surface area (Å²) >= 11 is 0. The Morgan fingerprint density at radius 2 is 1.85 bits per heavy atom. The van der Waals surface area contributed by atoms with E-state index in [1.165, 1.54) is 17.1 Å². The molecule has 1 atom stereocenters. The zero-order valence-corrected chi connectivity index (χ0v) is 18.5. The molecule has 0 amide bonds. The van der Waals surface area contributed by atoms with E-state index < -0.39 is 24.7 Å². The van der Waals surface area contributed by atoms with E-state index in [0.29, 0.717) is 49.0 Å². The summed E-state index contributed by atoms with van der Waals surface area (Å²) in [6.45, 7) is 4.27. The predicted molar refractivity (Wildman–Crippen MR) is 116 cm³/mol. The van der Waals surface area contributed by atoms with Crippen molar-refractivity contribution in [3.8, 4) is 0 Å². The van der Waals surface area contributed by atoms with Crippen LogP contribution in [0.4, 0.5) is 33.6 Å². The maximum Gasteiger partial charge on any atom is 0.416 e. The molecule has 0 N–H and O–H groups in total. The molecular formula is C22H24F5N7. The summed E-state index contributed by atoms with van der Waals surface area (Å²) in [6, 6.07) is 2.11. The molecule has 1 unspecified atom stereocenters. The van der Waals surface area contributed by atoms with E-state index in [9.17, 15) is 22.0 Å². The molecule has 2 aliphatic heterocycles. The number of piperidine rings is 1. The molecule has 0 radical (unpaired) electrons. The van der Waals surface area contributed by atoms with Gasteiger partial charge in [0, 0.05) is 32.4 Å². The molecule has 3 aromatic heterocycles. The van der Waals surface area contributed by atoms with Crippen LogP contribution >= 0.6 is 0 Å². The summed E-state index contributed by atoms with van der Waals surface area (Å²) in [7, 11) is 0. The first-order chi connectivity index (χ1) is 16.1. The van der Waals surface area contributed by atoms with Crippen molar-refractivity contribution in [3.63, 3.8) is 0 Å². The van der Waals surface area contributed by atoms with Crippen molar-refractivity contribution in [2.75, 3.05) is 36.0 Å². The van der Waals surface area contributed by atoms with Crippen molar-refractivity contribution < 1.29 is 22.0 Å². The summed E-state index contributed by atoms with van der Waals surface area (Å²) in [5, 5.41) is 3.96. The average molecular weight is 481 g/mol. The maximum atomic E-state index is 13.1. The first-order valence-corrected chi connectivity index (χ1v) is 11.1. The van der Waals surface area contributed by atoms with Crippen LogP contribution in [-0.4, -0.2) is 57.3 Å². The molecule has 5 heterocycles. The number of anilines is 2. The molecule has 0 saturated carbocycles. The van der Waals surface area contributed by atoms with Crippen molar-refractivity contribution >= 4 is 22.8 Å². The second kappa shape index (κ2) is 8.31. The minimum absolute atomic E-state index is 0.0403. The second-order valence-corrected chi connectivity index (χ2v) is 9.19. The van der Waals surface area contributed by atoms with Crippen LogP contribution in [0.2, 0.25) is 0 Å². The van der Waals surface area contributed by atoms with E-state index in [1.807, 2.05) is 4.90 Å². The summed E-state index contributed by atoms with van der Waals surface area (Å²) in [5.74, 6) is 1.25. The highest BCUT2D eigenvalue weighted by molar-refractivity contribution is 5.71. The lowest BCUT2D eigenvalue weighted by atomic mass is 9.71. The molecule has 0 aliphatic carbocycles. The molecule has 5 rings (SSSR count). The molecule has 2 fully saturated rings. The largest absolute Gasteiger partial charge is 0.416 e. The van der Waals surface area contributed by atoms with Crippen LogP contribution in [0.3, 0.4) is 0 Å². The number of fused-ring (bicyclic) bond motifs is 1. The molecule has 1 spiro atoms. The van der Waals surface area contributed by atoms with Crippen molar-refractivity contribution in [2.24, 2.45) is 11.3 Å². The van der Waals surface area contributed by atoms with Gasteiger partial charge >= 0.3 is 6.18 Å². The molecule has 0 aromatic carbocycles. The molecule has 182 valence electrons. The van der Waals surface area contributed by atoms with E-state index in [2.05, 4.69) is 31.9 Å². The number of halogens is 5. The third kappa shape index (κ3) is 4.14. The van der Waals surface area contributed by atoms with Crippen LogP contribution < -0.4 is 9.80 Å². The monoisotopic (exact) mass is 481 g/mol. The number of hydrogen-bond acceptors (Lipinski definition) is 6. The molecule has 12 heteroatoms. The van der Waals surface area contributed by atoms with Gasteiger partial charge in [-0.2, -0.15) is 18.3 Å². The van der Waals surface area contributed by atoms with Gasteiger partial charge in [0.25, 0.3) is 6.43 Å². The molecular weight excluding hydrogens is 457 g/mol. The second-order valence-electron chi connectivity index (χ2n) is 9.19. The minimum Gasteiger partial charge on any atom is -0.356 e. The highest BCUT2D eigenvalue weighted by atomic mass is 19.4. The van der Waals surface area contributed by atoms with Gasteiger partial charge in [0.2, 0.25) is 0 Å². The Balaban J connectivity index is 1.30. The summed E-state index contributed by atoms with van der Waals surface area (Å²) in [6.07, 6.45) is -1.01. The van der Waals surface area contributed by atoms with Gasteiger partial charge in [0.05, 0.1) is 18.0 Å². The summed E-state index contributed by atoms with van der Waals surface area (Å²) < 4.78 is 66.3. The van der Waals surface area contributed by atoms with Gasteiger partial charge in [-0.05, 0) is 36.3 Å². The van der Waals surface area contributed by atoms with Crippen LogP contribution in [0.1, 0.15) is 25.3 Å². The number of alkyl halides is 5. The van der Waals surface area contributed by atoms with Crippen molar-refractivity contribution in [3.05, 3.63) is 36.3 Å². The first kappa shape index (κ1) is 22.7. The topological polar surface area (TPSA) is 63.0 Å². The maximum absolute atomic E-state index is 13.1.